The summed E-state index contributed by atoms with van der Waals surface area (Å²) < 4.78 is 30.8. The third-order valence-corrected chi connectivity index (χ3v) is 5.91. The fraction of sp³-hybridized carbons (Fsp3) is 0.375. The van der Waals surface area contributed by atoms with Crippen LogP contribution in [0.15, 0.2) is 46.0 Å². The summed E-state index contributed by atoms with van der Waals surface area (Å²) >= 11 is 0. The van der Waals surface area contributed by atoms with Gasteiger partial charge in [0.2, 0.25) is 0 Å². The average molecular weight is 360 g/mol. The molecule has 2 aliphatic rings. The molecule has 4 rings (SSSR count). The highest BCUT2D eigenvalue weighted by Crippen LogP contribution is 2.28. The maximum atomic E-state index is 12.4. The summed E-state index contributed by atoms with van der Waals surface area (Å²) in [5, 5.41) is 6.54. The molecule has 0 radical (unpaired) electrons. The number of aromatic nitrogens is 2. The van der Waals surface area contributed by atoms with Crippen molar-refractivity contribution < 1.29 is 8.42 Å². The predicted octanol–water partition coefficient (Wildman–Crippen LogP) is 0.579. The van der Waals surface area contributed by atoms with E-state index >= 15 is 0 Å². The number of anilines is 1. The summed E-state index contributed by atoms with van der Waals surface area (Å²) in [4.78, 5) is 6.87. The molecule has 2 N–H and O–H groups in total. The van der Waals surface area contributed by atoms with Crippen LogP contribution in [0.25, 0.3) is 0 Å². The van der Waals surface area contributed by atoms with Gasteiger partial charge >= 0.3 is 0 Å². The number of hydrogen-bond donors (Lipinski definition) is 2. The molecule has 8 nitrogen and oxygen atoms in total. The van der Waals surface area contributed by atoms with Crippen molar-refractivity contribution in [1.82, 2.24) is 19.8 Å². The monoisotopic (exact) mass is 360 g/mol. The van der Waals surface area contributed by atoms with Crippen molar-refractivity contribution in [3.63, 3.8) is 0 Å². The highest BCUT2D eigenvalue weighted by atomic mass is 32.2. The molecule has 1 aromatic carbocycles. The van der Waals surface area contributed by atoms with Crippen LogP contribution in [0.3, 0.4) is 0 Å². The summed E-state index contributed by atoms with van der Waals surface area (Å²) in [5.74, 6) is 1.40. The number of fused-ring (bicyclic) bond motifs is 1. The van der Waals surface area contributed by atoms with Crippen molar-refractivity contribution in [2.75, 3.05) is 31.5 Å². The van der Waals surface area contributed by atoms with Gasteiger partial charge in [0.1, 0.15) is 16.6 Å². The van der Waals surface area contributed by atoms with Crippen LogP contribution in [0.2, 0.25) is 0 Å². The Morgan fingerprint density at radius 3 is 2.96 bits per heavy atom. The van der Waals surface area contributed by atoms with Crippen LogP contribution in [-0.4, -0.2) is 54.9 Å². The number of benzene rings is 1. The number of aryl methyl sites for hydroxylation is 1. The van der Waals surface area contributed by atoms with Crippen LogP contribution < -0.4 is 10.6 Å². The zero-order chi connectivity index (χ0) is 17.4. The molecule has 1 atom stereocenters. The van der Waals surface area contributed by atoms with Gasteiger partial charge in [-0.3, -0.25) is 4.90 Å². The van der Waals surface area contributed by atoms with Crippen LogP contribution in [0, 0.1) is 0 Å². The first-order chi connectivity index (χ1) is 12.0. The molecule has 0 saturated carbocycles. The lowest BCUT2D eigenvalue weighted by Gasteiger charge is -2.36. The Labute approximate surface area is 146 Å². The third kappa shape index (κ3) is 3.06. The van der Waals surface area contributed by atoms with Gasteiger partial charge in [0.25, 0.3) is 10.0 Å². The van der Waals surface area contributed by atoms with Gasteiger partial charge in [-0.1, -0.05) is 12.1 Å². The van der Waals surface area contributed by atoms with Crippen molar-refractivity contribution in [2.24, 2.45) is 11.4 Å². The molecule has 0 aliphatic carbocycles. The van der Waals surface area contributed by atoms with Crippen molar-refractivity contribution in [1.29, 1.82) is 0 Å². The molecule has 1 unspecified atom stereocenters. The van der Waals surface area contributed by atoms with Crippen molar-refractivity contribution in [2.45, 2.75) is 10.9 Å². The molecule has 1 saturated heterocycles. The summed E-state index contributed by atoms with van der Waals surface area (Å²) in [7, 11) is -1.69. The Bertz CT molecular complexity index is 920. The van der Waals surface area contributed by atoms with Gasteiger partial charge in [-0.25, -0.2) is 4.98 Å². The Morgan fingerprint density at radius 2 is 2.16 bits per heavy atom. The Kier molecular flexibility index (Phi) is 4.06. The van der Waals surface area contributed by atoms with Crippen LogP contribution >= 0.6 is 0 Å². The molecular formula is C16H20N6O2S. The lowest BCUT2D eigenvalue weighted by atomic mass is 10.1. The fourth-order valence-electron chi connectivity index (χ4n) is 3.32. The van der Waals surface area contributed by atoms with E-state index in [1.165, 1.54) is 0 Å². The summed E-state index contributed by atoms with van der Waals surface area (Å²) in [6.45, 7) is 2.83. The minimum atomic E-state index is -3.66. The minimum absolute atomic E-state index is 0.0677. The minimum Gasteiger partial charge on any atom is -0.341 e. The molecular weight excluding hydrogens is 340 g/mol. The molecule has 0 spiro atoms. The molecule has 25 heavy (non-hydrogen) atoms. The quantitative estimate of drug-likeness (QED) is 0.832. The lowest BCUT2D eigenvalue weighted by molar-refractivity contribution is 0.176. The van der Waals surface area contributed by atoms with Crippen LogP contribution in [0.1, 0.15) is 11.9 Å². The lowest BCUT2D eigenvalue weighted by Crippen LogP contribution is -2.49. The van der Waals surface area contributed by atoms with E-state index in [2.05, 4.69) is 24.9 Å². The van der Waals surface area contributed by atoms with E-state index in [1.54, 1.807) is 24.4 Å². The van der Waals surface area contributed by atoms with E-state index in [0.29, 0.717) is 18.1 Å². The second kappa shape index (κ2) is 6.25. The van der Waals surface area contributed by atoms with E-state index in [-0.39, 0.29) is 10.9 Å². The molecule has 3 heterocycles. The first kappa shape index (κ1) is 16.2. The average Bonchev–Trinajstić information content (AvgIpc) is 3.01. The first-order valence-electron chi connectivity index (χ1n) is 8.16. The standard InChI is InChI=1S/C16H20N6O2S/c1-21-8-7-18-16(21)13-10-17-6-9-22(13)11-15-19-12-4-2-3-5-14(12)25(23,24)20-15/h2-5,7-8,13,17H,6,9-11H2,1H3,(H,19,20). The van der Waals surface area contributed by atoms with Gasteiger partial charge in [-0.15, -0.1) is 4.40 Å². The smallest absolute Gasteiger partial charge is 0.286 e. The number of nitrogens with one attached hydrogen (secondary N) is 2. The number of imidazole rings is 1. The highest BCUT2D eigenvalue weighted by molar-refractivity contribution is 7.90. The molecule has 0 bridgehead atoms. The van der Waals surface area contributed by atoms with Gasteiger partial charge < -0.3 is 15.2 Å². The number of hydrogen-bond acceptors (Lipinski definition) is 6. The number of rotatable bonds is 3. The van der Waals surface area contributed by atoms with E-state index in [0.717, 1.165) is 25.5 Å². The molecule has 1 aromatic heterocycles. The van der Waals surface area contributed by atoms with Crippen LogP contribution in [0.5, 0.6) is 0 Å². The van der Waals surface area contributed by atoms with E-state index in [1.807, 2.05) is 23.9 Å². The summed E-state index contributed by atoms with van der Waals surface area (Å²) in [6.07, 6.45) is 3.69. The number of para-hydroxylation sites is 1. The van der Waals surface area contributed by atoms with Crippen LogP contribution in [-0.2, 0) is 17.1 Å². The largest absolute Gasteiger partial charge is 0.341 e. The molecule has 2 aromatic rings. The first-order valence-corrected chi connectivity index (χ1v) is 9.60. The molecule has 0 amide bonds. The fourth-order valence-corrected chi connectivity index (χ4v) is 4.46. The summed E-state index contributed by atoms with van der Waals surface area (Å²) in [5.41, 5.74) is 0.580. The second-order valence-electron chi connectivity index (χ2n) is 6.22. The second-order valence-corrected chi connectivity index (χ2v) is 7.79. The molecule has 132 valence electrons. The van der Waals surface area contributed by atoms with Gasteiger partial charge in [0.05, 0.1) is 18.3 Å². The molecule has 9 heteroatoms. The maximum absolute atomic E-state index is 12.4. The Balaban J connectivity index is 1.61. The van der Waals surface area contributed by atoms with Crippen LogP contribution in [0.4, 0.5) is 5.69 Å². The maximum Gasteiger partial charge on any atom is 0.286 e. The van der Waals surface area contributed by atoms with Crippen molar-refractivity contribution in [3.05, 3.63) is 42.5 Å². The Hall–Kier alpha value is -2.23. The van der Waals surface area contributed by atoms with Gasteiger partial charge in [-0.05, 0) is 12.1 Å². The van der Waals surface area contributed by atoms with Crippen molar-refractivity contribution in [3.8, 4) is 0 Å². The number of piperazine rings is 1. The summed E-state index contributed by atoms with van der Waals surface area (Å²) in [6, 6.07) is 6.91. The molecule has 2 aliphatic heterocycles. The van der Waals surface area contributed by atoms with Gasteiger partial charge in [0.15, 0.2) is 0 Å². The Morgan fingerprint density at radius 1 is 1.32 bits per heavy atom. The zero-order valence-corrected chi connectivity index (χ0v) is 14.7. The zero-order valence-electron chi connectivity index (χ0n) is 13.9. The predicted molar refractivity (Wildman–Crippen MR) is 95.1 cm³/mol. The number of amidine groups is 1. The van der Waals surface area contributed by atoms with E-state index in [9.17, 15) is 8.42 Å². The SMILES string of the molecule is Cn1ccnc1C1CNCCN1CC1=NS(=O)(=O)c2ccccc2N1. The molecule has 1 fully saturated rings. The van der Waals surface area contributed by atoms with Gasteiger partial charge in [-0.2, -0.15) is 8.42 Å². The van der Waals surface area contributed by atoms with E-state index < -0.39 is 10.0 Å². The highest BCUT2D eigenvalue weighted by Gasteiger charge is 2.30. The third-order valence-electron chi connectivity index (χ3n) is 4.54. The normalized spacial score (nSPS) is 22.8. The topological polar surface area (TPSA) is 91.6 Å². The number of nitrogens with zero attached hydrogens (tertiary/aromatic N) is 4. The number of sulfonamides is 1. The van der Waals surface area contributed by atoms with Gasteiger partial charge in [0, 0.05) is 39.1 Å². The van der Waals surface area contributed by atoms with E-state index in [4.69, 9.17) is 0 Å². The van der Waals surface area contributed by atoms with Crippen molar-refractivity contribution >= 4 is 21.5 Å².